The van der Waals surface area contributed by atoms with Crippen LogP contribution < -0.4 is 5.32 Å². The molecule has 3 heterocycles. The van der Waals surface area contributed by atoms with E-state index in [9.17, 15) is 4.79 Å². The van der Waals surface area contributed by atoms with E-state index in [-0.39, 0.29) is 17.5 Å². The topological polar surface area (TPSA) is 50.2 Å². The zero-order chi connectivity index (χ0) is 17.7. The molecular formula is C18H26N4OS. The Labute approximate surface area is 147 Å². The molecule has 0 radical (unpaired) electrons. The Morgan fingerprint density at radius 3 is 2.62 bits per heavy atom. The van der Waals surface area contributed by atoms with E-state index in [0.717, 1.165) is 17.0 Å². The lowest BCUT2D eigenvalue weighted by molar-refractivity contribution is -0.133. The Bertz CT molecular complexity index is 753. The highest BCUT2D eigenvalue weighted by molar-refractivity contribution is 7.15. The van der Waals surface area contributed by atoms with Crippen molar-refractivity contribution >= 4 is 17.2 Å². The molecule has 2 aromatic heterocycles. The molecule has 0 spiro atoms. The Hall–Kier alpha value is -1.66. The first-order valence-corrected chi connectivity index (χ1v) is 9.06. The minimum Gasteiger partial charge on any atom is -0.320 e. The van der Waals surface area contributed by atoms with Crippen LogP contribution in [-0.2, 0) is 11.8 Å². The van der Waals surface area contributed by atoms with E-state index in [1.54, 1.807) is 16.0 Å². The normalized spacial score (nSPS) is 20.8. The average molecular weight is 346 g/mol. The molecule has 0 saturated carbocycles. The Morgan fingerprint density at radius 2 is 2.04 bits per heavy atom. The predicted octanol–water partition coefficient (Wildman–Crippen LogP) is 3.40. The second-order valence-corrected chi connectivity index (χ2v) is 9.39. The van der Waals surface area contributed by atoms with Gasteiger partial charge in [-0.15, -0.1) is 11.3 Å². The molecule has 1 aliphatic rings. The second-order valence-electron chi connectivity index (χ2n) is 8.27. The van der Waals surface area contributed by atoms with Gasteiger partial charge in [-0.1, -0.05) is 20.8 Å². The molecule has 3 rings (SSSR count). The number of carbonyl (C=O) groups is 1. The van der Waals surface area contributed by atoms with Gasteiger partial charge in [0.15, 0.2) is 0 Å². The number of thiophene rings is 1. The lowest BCUT2D eigenvalue weighted by Gasteiger charge is -2.30. The second kappa shape index (κ2) is 5.70. The SMILES string of the molecule is Cn1cc(-c2ccc(C3NC(C)(C)C(=O)N3CC(C)(C)C)s2)cn1. The van der Waals surface area contributed by atoms with Crippen molar-refractivity contribution in [2.24, 2.45) is 12.5 Å². The van der Waals surface area contributed by atoms with Crippen LogP contribution in [-0.4, -0.2) is 32.7 Å². The van der Waals surface area contributed by atoms with Crippen LogP contribution in [0.3, 0.4) is 0 Å². The van der Waals surface area contributed by atoms with E-state index in [1.807, 2.05) is 38.2 Å². The van der Waals surface area contributed by atoms with E-state index in [1.165, 1.54) is 4.88 Å². The summed E-state index contributed by atoms with van der Waals surface area (Å²) in [5.74, 6) is 0.166. The first-order chi connectivity index (χ1) is 11.1. The molecule has 1 atom stereocenters. The predicted molar refractivity (Wildman–Crippen MR) is 97.6 cm³/mol. The van der Waals surface area contributed by atoms with E-state index < -0.39 is 5.54 Å². The van der Waals surface area contributed by atoms with Gasteiger partial charge in [0.05, 0.1) is 11.7 Å². The number of nitrogens with one attached hydrogen (secondary N) is 1. The van der Waals surface area contributed by atoms with Crippen molar-refractivity contribution in [1.82, 2.24) is 20.0 Å². The average Bonchev–Trinajstić information content (AvgIpc) is 3.13. The van der Waals surface area contributed by atoms with Crippen LogP contribution in [0.25, 0.3) is 10.4 Å². The number of hydrogen-bond donors (Lipinski definition) is 1. The standard InChI is InChI=1S/C18H26N4OS/c1-17(2,3)11-22-15(20-18(4,5)16(22)23)14-8-7-13(24-14)12-9-19-21(6)10-12/h7-10,15,20H,11H2,1-6H3. The molecular weight excluding hydrogens is 320 g/mol. The number of aryl methyl sites for hydroxylation is 1. The molecule has 0 aliphatic carbocycles. The summed E-state index contributed by atoms with van der Waals surface area (Å²) >= 11 is 1.72. The van der Waals surface area contributed by atoms with Gasteiger partial charge in [0.1, 0.15) is 6.17 Å². The minimum absolute atomic E-state index is 0.0550. The van der Waals surface area contributed by atoms with Gasteiger partial charge in [-0.25, -0.2) is 0 Å². The van der Waals surface area contributed by atoms with Crippen molar-refractivity contribution in [1.29, 1.82) is 0 Å². The van der Waals surface area contributed by atoms with Crippen LogP contribution in [0.5, 0.6) is 0 Å². The number of carbonyl (C=O) groups excluding carboxylic acids is 1. The summed E-state index contributed by atoms with van der Waals surface area (Å²) in [7, 11) is 1.92. The molecule has 1 saturated heterocycles. The maximum absolute atomic E-state index is 12.8. The molecule has 1 aliphatic heterocycles. The van der Waals surface area contributed by atoms with Crippen molar-refractivity contribution in [3.63, 3.8) is 0 Å². The maximum Gasteiger partial charge on any atom is 0.243 e. The molecule has 0 aromatic carbocycles. The summed E-state index contributed by atoms with van der Waals surface area (Å²) in [5, 5.41) is 7.75. The van der Waals surface area contributed by atoms with Gasteiger partial charge < -0.3 is 4.90 Å². The van der Waals surface area contributed by atoms with Crippen LogP contribution in [0.2, 0.25) is 0 Å². The highest BCUT2D eigenvalue weighted by Crippen LogP contribution is 2.38. The first-order valence-electron chi connectivity index (χ1n) is 8.24. The summed E-state index contributed by atoms with van der Waals surface area (Å²) in [4.78, 5) is 17.1. The zero-order valence-electron chi connectivity index (χ0n) is 15.3. The third-order valence-electron chi connectivity index (χ3n) is 4.14. The van der Waals surface area contributed by atoms with Gasteiger partial charge in [0.25, 0.3) is 0 Å². The Kier molecular flexibility index (Phi) is 4.08. The summed E-state index contributed by atoms with van der Waals surface area (Å²) in [6, 6.07) is 4.23. The molecule has 130 valence electrons. The zero-order valence-corrected chi connectivity index (χ0v) is 16.1. The van der Waals surface area contributed by atoms with Gasteiger partial charge in [-0.3, -0.25) is 14.8 Å². The van der Waals surface area contributed by atoms with E-state index in [0.29, 0.717) is 0 Å². The Balaban J connectivity index is 1.92. The summed E-state index contributed by atoms with van der Waals surface area (Å²) in [6.45, 7) is 11.1. The van der Waals surface area contributed by atoms with Gasteiger partial charge >= 0.3 is 0 Å². The third kappa shape index (κ3) is 3.26. The van der Waals surface area contributed by atoms with Crippen molar-refractivity contribution in [3.8, 4) is 10.4 Å². The molecule has 1 unspecified atom stereocenters. The fourth-order valence-corrected chi connectivity index (χ4v) is 4.11. The number of hydrogen-bond acceptors (Lipinski definition) is 4. The molecule has 1 amide bonds. The summed E-state index contributed by atoms with van der Waals surface area (Å²) in [5.41, 5.74) is 0.632. The van der Waals surface area contributed by atoms with Gasteiger partial charge in [-0.2, -0.15) is 5.10 Å². The van der Waals surface area contributed by atoms with E-state index >= 15 is 0 Å². The first kappa shape index (κ1) is 17.2. The van der Waals surface area contributed by atoms with Crippen LogP contribution in [0.15, 0.2) is 24.5 Å². The van der Waals surface area contributed by atoms with Crippen LogP contribution in [0.4, 0.5) is 0 Å². The van der Waals surface area contributed by atoms with Crippen molar-refractivity contribution in [2.75, 3.05) is 6.54 Å². The maximum atomic E-state index is 12.8. The number of amides is 1. The fraction of sp³-hybridized carbons (Fsp3) is 0.556. The minimum atomic E-state index is -0.533. The summed E-state index contributed by atoms with van der Waals surface area (Å²) < 4.78 is 1.81. The third-order valence-corrected chi connectivity index (χ3v) is 5.32. The van der Waals surface area contributed by atoms with Gasteiger partial charge in [0, 0.05) is 35.1 Å². The van der Waals surface area contributed by atoms with Gasteiger partial charge in [0.2, 0.25) is 5.91 Å². The quantitative estimate of drug-likeness (QED) is 0.927. The summed E-state index contributed by atoms with van der Waals surface area (Å²) in [6.07, 6.45) is 3.82. The Morgan fingerprint density at radius 1 is 1.33 bits per heavy atom. The van der Waals surface area contributed by atoms with Crippen LogP contribution in [0, 0.1) is 5.41 Å². The van der Waals surface area contributed by atoms with Crippen LogP contribution >= 0.6 is 11.3 Å². The van der Waals surface area contributed by atoms with Crippen molar-refractivity contribution in [3.05, 3.63) is 29.4 Å². The number of nitrogens with zero attached hydrogens (tertiary/aromatic N) is 3. The monoisotopic (exact) mass is 346 g/mol. The fourth-order valence-electron chi connectivity index (χ4n) is 3.06. The molecule has 24 heavy (non-hydrogen) atoms. The smallest absolute Gasteiger partial charge is 0.243 e. The molecule has 5 nitrogen and oxygen atoms in total. The molecule has 1 N–H and O–H groups in total. The van der Waals surface area contributed by atoms with E-state index in [4.69, 9.17) is 0 Å². The lowest BCUT2D eigenvalue weighted by Crippen LogP contribution is -2.41. The number of rotatable bonds is 3. The molecule has 0 bridgehead atoms. The highest BCUT2D eigenvalue weighted by atomic mass is 32.1. The van der Waals surface area contributed by atoms with Gasteiger partial charge in [-0.05, 0) is 31.4 Å². The van der Waals surface area contributed by atoms with Crippen molar-refractivity contribution < 1.29 is 4.79 Å². The van der Waals surface area contributed by atoms with E-state index in [2.05, 4.69) is 43.3 Å². The highest BCUT2D eigenvalue weighted by Gasteiger charge is 2.46. The largest absolute Gasteiger partial charge is 0.320 e. The molecule has 2 aromatic rings. The number of aromatic nitrogens is 2. The van der Waals surface area contributed by atoms with Crippen LogP contribution in [0.1, 0.15) is 45.7 Å². The lowest BCUT2D eigenvalue weighted by atomic mass is 9.95. The van der Waals surface area contributed by atoms with Crippen molar-refractivity contribution in [2.45, 2.75) is 46.3 Å². The molecule has 1 fully saturated rings. The molecule has 6 heteroatoms.